The Morgan fingerprint density at radius 2 is 1.81 bits per heavy atom. The van der Waals surface area contributed by atoms with Crippen molar-refractivity contribution in [2.75, 3.05) is 0 Å². The molecule has 0 saturated heterocycles. The maximum Gasteiger partial charge on any atom is 0.249 e. The van der Waals surface area contributed by atoms with Gasteiger partial charge in [0.15, 0.2) is 0 Å². The highest BCUT2D eigenvalue weighted by atomic mass is 35.5. The molecule has 2 N–H and O–H groups in total. The zero-order valence-corrected chi connectivity index (χ0v) is 14.2. The van der Waals surface area contributed by atoms with Gasteiger partial charge in [0.05, 0.1) is 11.0 Å². The molecule has 5 aromatic rings. The van der Waals surface area contributed by atoms with Crippen LogP contribution in [0.2, 0.25) is 5.02 Å². The molecular formula is C20H12ClN3O2. The highest BCUT2D eigenvalue weighted by molar-refractivity contribution is 6.31. The van der Waals surface area contributed by atoms with Crippen LogP contribution in [0, 0.1) is 0 Å². The molecule has 0 aliphatic heterocycles. The monoisotopic (exact) mass is 361 g/mol. The zero-order valence-electron chi connectivity index (χ0n) is 13.4. The van der Waals surface area contributed by atoms with Crippen molar-refractivity contribution < 1.29 is 4.52 Å². The average molecular weight is 362 g/mol. The van der Waals surface area contributed by atoms with E-state index < -0.39 is 0 Å². The third-order valence-corrected chi connectivity index (χ3v) is 4.70. The van der Waals surface area contributed by atoms with Gasteiger partial charge in [0.1, 0.15) is 12.0 Å². The van der Waals surface area contributed by atoms with Crippen LogP contribution in [0.25, 0.3) is 44.3 Å². The lowest BCUT2D eigenvalue weighted by atomic mass is 10.0. The molecule has 0 saturated carbocycles. The number of fused-ring (bicyclic) bond motifs is 3. The molecule has 126 valence electrons. The number of aromatic nitrogens is 3. The molecule has 0 aliphatic rings. The molecule has 0 fully saturated rings. The third kappa shape index (κ3) is 2.33. The minimum Gasteiger partial charge on any atom is -0.364 e. The fourth-order valence-corrected chi connectivity index (χ4v) is 3.47. The van der Waals surface area contributed by atoms with Gasteiger partial charge in [0.25, 0.3) is 0 Å². The largest absolute Gasteiger partial charge is 0.364 e. The maximum absolute atomic E-state index is 12.3. The lowest BCUT2D eigenvalue weighted by molar-refractivity contribution is 0.422. The minimum absolute atomic E-state index is 0.166. The first kappa shape index (κ1) is 15.0. The van der Waals surface area contributed by atoms with Crippen molar-refractivity contribution in [2.24, 2.45) is 0 Å². The first-order chi connectivity index (χ1) is 12.7. The number of pyridine rings is 1. The summed E-state index contributed by atoms with van der Waals surface area (Å²) < 4.78 is 4.93. The van der Waals surface area contributed by atoms with Gasteiger partial charge in [-0.15, -0.1) is 0 Å². The van der Waals surface area contributed by atoms with Crippen molar-refractivity contribution in [1.82, 2.24) is 15.1 Å². The first-order valence-corrected chi connectivity index (χ1v) is 8.42. The van der Waals surface area contributed by atoms with Crippen LogP contribution in [0.5, 0.6) is 0 Å². The van der Waals surface area contributed by atoms with E-state index in [0.29, 0.717) is 5.02 Å². The van der Waals surface area contributed by atoms with Crippen LogP contribution in [-0.4, -0.2) is 15.1 Å². The molecule has 0 unspecified atom stereocenters. The number of rotatable bonds is 2. The number of halogens is 1. The summed E-state index contributed by atoms with van der Waals surface area (Å²) in [5.41, 5.74) is 5.76. The third-order valence-electron chi connectivity index (χ3n) is 4.46. The first-order valence-electron chi connectivity index (χ1n) is 8.04. The molecule has 0 spiro atoms. The van der Waals surface area contributed by atoms with E-state index in [2.05, 4.69) is 15.1 Å². The normalized spacial score (nSPS) is 11.4. The molecular weight excluding hydrogens is 350 g/mol. The molecule has 6 heteroatoms. The molecule has 2 aromatic carbocycles. The summed E-state index contributed by atoms with van der Waals surface area (Å²) in [5.74, 6) is 0. The Bertz CT molecular complexity index is 1320. The van der Waals surface area contributed by atoms with E-state index in [-0.39, 0.29) is 5.56 Å². The van der Waals surface area contributed by atoms with Gasteiger partial charge in [-0.1, -0.05) is 35.0 Å². The van der Waals surface area contributed by atoms with Crippen LogP contribution in [0.3, 0.4) is 0 Å². The number of hydrogen-bond donors (Lipinski definition) is 2. The fourth-order valence-electron chi connectivity index (χ4n) is 3.29. The van der Waals surface area contributed by atoms with Gasteiger partial charge in [-0.2, -0.15) is 0 Å². The van der Waals surface area contributed by atoms with Crippen molar-refractivity contribution in [3.05, 3.63) is 76.2 Å². The predicted molar refractivity (Wildman–Crippen MR) is 102 cm³/mol. The summed E-state index contributed by atoms with van der Waals surface area (Å²) in [6, 6.07) is 16.8. The average Bonchev–Trinajstić information content (AvgIpc) is 3.29. The van der Waals surface area contributed by atoms with E-state index >= 15 is 0 Å². The highest BCUT2D eigenvalue weighted by Gasteiger charge is 2.13. The number of hydrogen-bond acceptors (Lipinski definition) is 3. The number of nitrogens with one attached hydrogen (secondary N) is 2. The predicted octanol–water partition coefficient (Wildman–Crippen LogP) is 4.98. The SMILES string of the molecule is O=c1cc(-c2cccc(-c3ccon3)c2)c2[nH]c3ccc(Cl)cc3c2[nH]1. The summed E-state index contributed by atoms with van der Waals surface area (Å²) in [4.78, 5) is 18.6. The van der Waals surface area contributed by atoms with Crippen LogP contribution in [0.15, 0.2) is 70.2 Å². The fraction of sp³-hybridized carbons (Fsp3) is 0. The van der Waals surface area contributed by atoms with Gasteiger partial charge in [-0.3, -0.25) is 4.79 Å². The van der Waals surface area contributed by atoms with E-state index in [4.69, 9.17) is 16.1 Å². The van der Waals surface area contributed by atoms with Crippen molar-refractivity contribution in [2.45, 2.75) is 0 Å². The summed E-state index contributed by atoms with van der Waals surface area (Å²) in [6.07, 6.45) is 1.54. The van der Waals surface area contributed by atoms with Gasteiger partial charge in [-0.25, -0.2) is 0 Å². The van der Waals surface area contributed by atoms with Gasteiger partial charge in [-0.05, 0) is 29.8 Å². The standard InChI is InChI=1S/C20H12ClN3O2/c21-13-4-5-17-15(9-13)20-19(22-17)14(10-18(25)23-20)11-2-1-3-12(8-11)16-6-7-26-24-16/h1-10,22H,(H,23,25). The summed E-state index contributed by atoms with van der Waals surface area (Å²) in [6.45, 7) is 0. The Kier molecular flexibility index (Phi) is 3.23. The topological polar surface area (TPSA) is 74.7 Å². The number of nitrogens with zero attached hydrogens (tertiary/aromatic N) is 1. The minimum atomic E-state index is -0.166. The molecule has 26 heavy (non-hydrogen) atoms. The van der Waals surface area contributed by atoms with Crippen molar-refractivity contribution >= 4 is 33.5 Å². The van der Waals surface area contributed by atoms with Crippen molar-refractivity contribution in [1.29, 1.82) is 0 Å². The van der Waals surface area contributed by atoms with E-state index in [1.165, 1.54) is 6.26 Å². The molecule has 5 nitrogen and oxygen atoms in total. The van der Waals surface area contributed by atoms with E-state index in [9.17, 15) is 4.79 Å². The smallest absolute Gasteiger partial charge is 0.249 e. The van der Waals surface area contributed by atoms with Crippen LogP contribution < -0.4 is 5.56 Å². The van der Waals surface area contributed by atoms with Gasteiger partial charge < -0.3 is 14.5 Å². The Morgan fingerprint density at radius 1 is 0.923 bits per heavy atom. The molecule has 0 atom stereocenters. The molecule has 0 aliphatic carbocycles. The molecule has 5 rings (SSSR count). The quantitative estimate of drug-likeness (QED) is 0.465. The highest BCUT2D eigenvalue weighted by Crippen LogP contribution is 2.33. The lowest BCUT2D eigenvalue weighted by Crippen LogP contribution is -2.04. The second-order valence-corrected chi connectivity index (χ2v) is 6.51. The lowest BCUT2D eigenvalue weighted by Gasteiger charge is -2.05. The molecule has 3 aromatic heterocycles. The van der Waals surface area contributed by atoms with E-state index in [1.54, 1.807) is 12.1 Å². The molecule has 0 bridgehead atoms. The second-order valence-electron chi connectivity index (χ2n) is 6.08. The Labute approximate surface area is 152 Å². The van der Waals surface area contributed by atoms with Crippen molar-refractivity contribution in [3.63, 3.8) is 0 Å². The van der Waals surface area contributed by atoms with Crippen LogP contribution >= 0.6 is 11.6 Å². The van der Waals surface area contributed by atoms with Crippen molar-refractivity contribution in [3.8, 4) is 22.4 Å². The van der Waals surface area contributed by atoms with Gasteiger partial charge >= 0.3 is 0 Å². The van der Waals surface area contributed by atoms with E-state index in [1.807, 2.05) is 42.5 Å². The van der Waals surface area contributed by atoms with Crippen LogP contribution in [-0.2, 0) is 0 Å². The Hall–Kier alpha value is -3.31. The molecule has 0 amide bonds. The molecule has 0 radical (unpaired) electrons. The van der Waals surface area contributed by atoms with Gasteiger partial charge in [0.2, 0.25) is 5.56 Å². The second kappa shape index (κ2) is 5.61. The van der Waals surface area contributed by atoms with Crippen LogP contribution in [0.1, 0.15) is 0 Å². The number of benzene rings is 2. The number of H-pyrrole nitrogens is 2. The molecule has 3 heterocycles. The Balaban J connectivity index is 1.81. The maximum atomic E-state index is 12.3. The Morgan fingerprint density at radius 3 is 2.65 bits per heavy atom. The van der Waals surface area contributed by atoms with Crippen LogP contribution in [0.4, 0.5) is 0 Å². The van der Waals surface area contributed by atoms with Gasteiger partial charge in [0, 0.05) is 39.2 Å². The summed E-state index contributed by atoms with van der Waals surface area (Å²) in [7, 11) is 0. The number of aromatic amines is 2. The zero-order chi connectivity index (χ0) is 17.7. The summed E-state index contributed by atoms with van der Waals surface area (Å²) in [5, 5.41) is 5.49. The summed E-state index contributed by atoms with van der Waals surface area (Å²) >= 11 is 6.13. The van der Waals surface area contributed by atoms with E-state index in [0.717, 1.165) is 44.3 Å².